The molecule has 1 saturated carbocycles. The Balaban J connectivity index is 2.24. The van der Waals surface area contributed by atoms with Crippen LogP contribution in [0.4, 0.5) is 0 Å². The molecule has 2 atom stereocenters. The molecule has 0 aromatic carbocycles. The smallest absolute Gasteiger partial charge is 0.111 e. The first-order valence-corrected chi connectivity index (χ1v) is 7.73. The lowest BCUT2D eigenvalue weighted by Gasteiger charge is -2.33. The van der Waals surface area contributed by atoms with E-state index in [9.17, 15) is 0 Å². The third-order valence-corrected chi connectivity index (χ3v) is 4.50. The van der Waals surface area contributed by atoms with Gasteiger partial charge >= 0.3 is 0 Å². The van der Waals surface area contributed by atoms with Crippen molar-refractivity contribution < 1.29 is 0 Å². The van der Waals surface area contributed by atoms with Crippen LogP contribution in [0, 0.1) is 5.41 Å². The lowest BCUT2D eigenvalue weighted by atomic mass is 9.86. The van der Waals surface area contributed by atoms with Crippen molar-refractivity contribution in [2.45, 2.75) is 71.9 Å². The summed E-state index contributed by atoms with van der Waals surface area (Å²) in [5, 5.41) is 3.78. The maximum atomic E-state index is 4.56. The number of nitrogens with zero attached hydrogens (tertiary/aromatic N) is 2. The number of hydrogen-bond donors (Lipinski definition) is 1. The summed E-state index contributed by atoms with van der Waals surface area (Å²) in [6.45, 7) is 12.6. The summed E-state index contributed by atoms with van der Waals surface area (Å²) in [6.07, 6.45) is 7.86. The second kappa shape index (κ2) is 5.66. The van der Waals surface area contributed by atoms with Gasteiger partial charge in [0.2, 0.25) is 0 Å². The number of aromatic nitrogens is 2. The molecule has 0 bridgehead atoms. The molecule has 1 heterocycles. The van der Waals surface area contributed by atoms with Crippen LogP contribution in [0.1, 0.15) is 71.7 Å². The zero-order valence-corrected chi connectivity index (χ0v) is 13.1. The molecule has 0 amide bonds. The molecule has 19 heavy (non-hydrogen) atoms. The average molecular weight is 263 g/mol. The Morgan fingerprint density at radius 3 is 2.84 bits per heavy atom. The minimum atomic E-state index is 0.373. The molecule has 0 radical (unpaired) electrons. The van der Waals surface area contributed by atoms with Crippen molar-refractivity contribution in [1.29, 1.82) is 0 Å². The van der Waals surface area contributed by atoms with E-state index in [4.69, 9.17) is 0 Å². The predicted octanol–water partition coefficient (Wildman–Crippen LogP) is 3.74. The van der Waals surface area contributed by atoms with Crippen LogP contribution < -0.4 is 5.32 Å². The summed E-state index contributed by atoms with van der Waals surface area (Å²) >= 11 is 0. The highest BCUT2D eigenvalue weighted by Crippen LogP contribution is 2.44. The lowest BCUT2D eigenvalue weighted by Crippen LogP contribution is -2.43. The molecule has 0 spiro atoms. The molecule has 108 valence electrons. The van der Waals surface area contributed by atoms with E-state index in [0.717, 1.165) is 6.54 Å². The van der Waals surface area contributed by atoms with Gasteiger partial charge < -0.3 is 9.88 Å². The first-order valence-electron chi connectivity index (χ1n) is 7.73. The summed E-state index contributed by atoms with van der Waals surface area (Å²) in [4.78, 5) is 4.56. The Kier molecular flexibility index (Phi) is 4.34. The van der Waals surface area contributed by atoms with E-state index in [0.29, 0.717) is 23.4 Å². The molecule has 1 aliphatic carbocycles. The highest BCUT2D eigenvalue weighted by molar-refractivity contribution is 5.07. The minimum absolute atomic E-state index is 0.373. The molecular weight excluding hydrogens is 234 g/mol. The molecule has 3 nitrogen and oxygen atoms in total. The second-order valence-electron chi connectivity index (χ2n) is 6.87. The molecule has 1 aliphatic rings. The maximum absolute atomic E-state index is 4.56. The van der Waals surface area contributed by atoms with Crippen LogP contribution in [0.3, 0.4) is 0 Å². The Hall–Kier alpha value is -0.830. The first-order chi connectivity index (χ1) is 8.97. The van der Waals surface area contributed by atoms with E-state index in [1.165, 1.54) is 25.1 Å². The van der Waals surface area contributed by atoms with E-state index < -0.39 is 0 Å². The van der Waals surface area contributed by atoms with Gasteiger partial charge in [-0.05, 0) is 31.2 Å². The van der Waals surface area contributed by atoms with Gasteiger partial charge in [0.05, 0.1) is 6.04 Å². The minimum Gasteiger partial charge on any atom is -0.330 e. The average Bonchev–Trinajstić information content (AvgIpc) is 2.91. The molecule has 1 aromatic rings. The zero-order valence-electron chi connectivity index (χ0n) is 13.1. The summed E-state index contributed by atoms with van der Waals surface area (Å²) in [7, 11) is 0. The number of imidazole rings is 1. The highest BCUT2D eigenvalue weighted by Gasteiger charge is 2.42. The largest absolute Gasteiger partial charge is 0.330 e. The number of nitrogens with one attached hydrogen (secondary N) is 1. The summed E-state index contributed by atoms with van der Waals surface area (Å²) in [5.74, 6) is 1.72. The Morgan fingerprint density at radius 1 is 1.47 bits per heavy atom. The number of hydrogen-bond acceptors (Lipinski definition) is 2. The van der Waals surface area contributed by atoms with Gasteiger partial charge in [-0.15, -0.1) is 0 Å². The highest BCUT2D eigenvalue weighted by atomic mass is 15.1. The normalized spacial score (nSPS) is 26.2. The fraction of sp³-hybridized carbons (Fsp3) is 0.812. The van der Waals surface area contributed by atoms with E-state index in [1.807, 2.05) is 6.20 Å². The molecule has 1 aromatic heterocycles. The predicted molar refractivity (Wildman–Crippen MR) is 80.4 cm³/mol. The van der Waals surface area contributed by atoms with Crippen LogP contribution in [-0.4, -0.2) is 22.1 Å². The quantitative estimate of drug-likeness (QED) is 0.877. The zero-order chi connectivity index (χ0) is 14.0. The molecular formula is C16H29N3. The standard InChI is InChI=1S/C16H29N3/c1-6-9-17-14-13(7-8-16(14,4)5)19-11-10-18-15(19)12(2)3/h10-14,17H,6-9H2,1-5H3. The van der Waals surface area contributed by atoms with Crippen molar-refractivity contribution in [3.63, 3.8) is 0 Å². The van der Waals surface area contributed by atoms with Crippen molar-refractivity contribution in [2.24, 2.45) is 5.41 Å². The summed E-state index contributed by atoms with van der Waals surface area (Å²) in [5.41, 5.74) is 0.373. The van der Waals surface area contributed by atoms with Gasteiger partial charge in [-0.3, -0.25) is 0 Å². The summed E-state index contributed by atoms with van der Waals surface area (Å²) in [6, 6.07) is 1.11. The first kappa shape index (κ1) is 14.6. The molecule has 2 rings (SSSR count). The van der Waals surface area contributed by atoms with Crippen molar-refractivity contribution in [1.82, 2.24) is 14.9 Å². The van der Waals surface area contributed by atoms with Gasteiger partial charge in [0.25, 0.3) is 0 Å². The van der Waals surface area contributed by atoms with E-state index in [1.54, 1.807) is 0 Å². The monoisotopic (exact) mass is 263 g/mol. The van der Waals surface area contributed by atoms with Gasteiger partial charge in [0, 0.05) is 24.4 Å². The van der Waals surface area contributed by atoms with Gasteiger partial charge in [0.15, 0.2) is 0 Å². The van der Waals surface area contributed by atoms with Crippen LogP contribution in [-0.2, 0) is 0 Å². The van der Waals surface area contributed by atoms with Gasteiger partial charge in [-0.2, -0.15) is 0 Å². The van der Waals surface area contributed by atoms with Gasteiger partial charge in [-0.1, -0.05) is 34.6 Å². The van der Waals surface area contributed by atoms with E-state index >= 15 is 0 Å². The molecule has 1 N–H and O–H groups in total. The maximum Gasteiger partial charge on any atom is 0.111 e. The number of rotatable bonds is 5. The van der Waals surface area contributed by atoms with Crippen LogP contribution in [0.15, 0.2) is 12.4 Å². The molecule has 3 heteroatoms. The lowest BCUT2D eigenvalue weighted by molar-refractivity contribution is 0.246. The Labute approximate surface area is 117 Å². The molecule has 0 saturated heterocycles. The second-order valence-corrected chi connectivity index (χ2v) is 6.87. The third-order valence-electron chi connectivity index (χ3n) is 4.50. The molecule has 2 unspecified atom stereocenters. The Bertz CT molecular complexity index is 406. The van der Waals surface area contributed by atoms with Crippen LogP contribution in [0.5, 0.6) is 0 Å². The van der Waals surface area contributed by atoms with E-state index in [2.05, 4.69) is 55.7 Å². The van der Waals surface area contributed by atoms with Crippen LogP contribution in [0.25, 0.3) is 0 Å². The van der Waals surface area contributed by atoms with Crippen molar-refractivity contribution in [3.8, 4) is 0 Å². The van der Waals surface area contributed by atoms with Crippen molar-refractivity contribution >= 4 is 0 Å². The SMILES string of the molecule is CCCNC1C(n2ccnc2C(C)C)CCC1(C)C. The summed E-state index contributed by atoms with van der Waals surface area (Å²) < 4.78 is 2.42. The van der Waals surface area contributed by atoms with Gasteiger partial charge in [-0.25, -0.2) is 4.98 Å². The fourth-order valence-electron chi connectivity index (χ4n) is 3.43. The third kappa shape index (κ3) is 2.86. The van der Waals surface area contributed by atoms with Crippen LogP contribution >= 0.6 is 0 Å². The molecule has 1 fully saturated rings. The van der Waals surface area contributed by atoms with Gasteiger partial charge in [0.1, 0.15) is 5.82 Å². The molecule has 0 aliphatic heterocycles. The van der Waals surface area contributed by atoms with E-state index in [-0.39, 0.29) is 0 Å². The Morgan fingerprint density at radius 2 is 2.21 bits per heavy atom. The van der Waals surface area contributed by atoms with Crippen LogP contribution in [0.2, 0.25) is 0 Å². The van der Waals surface area contributed by atoms with Crippen molar-refractivity contribution in [2.75, 3.05) is 6.54 Å². The topological polar surface area (TPSA) is 29.9 Å². The van der Waals surface area contributed by atoms with Crippen molar-refractivity contribution in [3.05, 3.63) is 18.2 Å². The fourth-order valence-corrected chi connectivity index (χ4v) is 3.43.